The average Bonchev–Trinajstić information content (AvgIpc) is 3.50. The fourth-order valence-corrected chi connectivity index (χ4v) is 5.85. The second-order valence-electron chi connectivity index (χ2n) is 8.29. The van der Waals surface area contributed by atoms with E-state index in [4.69, 9.17) is 9.15 Å². The van der Waals surface area contributed by atoms with Crippen molar-refractivity contribution in [2.45, 2.75) is 17.9 Å². The molecule has 0 saturated carbocycles. The summed E-state index contributed by atoms with van der Waals surface area (Å²) in [5, 5.41) is -0.0153. The molecule has 1 saturated heterocycles. The molecule has 2 aromatic heterocycles. The largest absolute Gasteiger partial charge is 0.420 e. The summed E-state index contributed by atoms with van der Waals surface area (Å²) < 4.78 is 58.4. The van der Waals surface area contributed by atoms with Crippen LogP contribution in [-0.4, -0.2) is 60.1 Å². The molecule has 37 heavy (non-hydrogen) atoms. The number of hydrogen-bond acceptors (Lipinski definition) is 9. The van der Waals surface area contributed by atoms with E-state index in [1.807, 2.05) is 24.3 Å². The topological polar surface area (TPSA) is 120 Å². The first-order chi connectivity index (χ1) is 17.8. The van der Waals surface area contributed by atoms with E-state index in [-0.39, 0.29) is 16.2 Å². The molecule has 5 rings (SSSR count). The molecule has 10 nitrogen and oxygen atoms in total. The Morgan fingerprint density at radius 2 is 2.03 bits per heavy atom. The first kappa shape index (κ1) is 25.1. The highest BCUT2D eigenvalue weighted by Gasteiger charge is 2.26. The van der Waals surface area contributed by atoms with E-state index in [0.717, 1.165) is 47.9 Å². The Labute approximate surface area is 215 Å². The molecule has 1 fully saturated rings. The number of rotatable bonds is 6. The summed E-state index contributed by atoms with van der Waals surface area (Å²) in [4.78, 5) is 18.1. The van der Waals surface area contributed by atoms with Gasteiger partial charge in [-0.05, 0) is 18.6 Å². The van der Waals surface area contributed by atoms with Gasteiger partial charge in [0.05, 0.1) is 31.3 Å². The third-order valence-corrected chi connectivity index (χ3v) is 8.03. The number of benzene rings is 2. The van der Waals surface area contributed by atoms with Crippen LogP contribution in [0, 0.1) is 17.7 Å². The molecular formula is C24H22FN5O5S2. The molecule has 4 aromatic rings. The molecule has 2 aromatic carbocycles. The Bertz CT molecular complexity index is 1650. The number of ether oxygens (including phenoxy) is 1. The minimum atomic E-state index is -4.33. The maximum atomic E-state index is 15.1. The van der Waals surface area contributed by atoms with Gasteiger partial charge >= 0.3 is 5.76 Å². The maximum Gasteiger partial charge on any atom is 0.420 e. The fraction of sp³-hybridized carbons (Fsp3) is 0.292. The highest BCUT2D eigenvalue weighted by atomic mass is 32.2. The van der Waals surface area contributed by atoms with Crippen molar-refractivity contribution in [2.24, 2.45) is 0 Å². The highest BCUT2D eigenvalue weighted by molar-refractivity contribution is 7.93. The molecule has 0 spiro atoms. The van der Waals surface area contributed by atoms with Gasteiger partial charge in [-0.1, -0.05) is 30.0 Å². The maximum absolute atomic E-state index is 15.1. The molecule has 0 bridgehead atoms. The predicted molar refractivity (Wildman–Crippen MR) is 136 cm³/mol. The third kappa shape index (κ3) is 5.28. The van der Waals surface area contributed by atoms with Crippen LogP contribution in [-0.2, 0) is 14.8 Å². The van der Waals surface area contributed by atoms with Crippen molar-refractivity contribution in [1.29, 1.82) is 0 Å². The van der Waals surface area contributed by atoms with Crippen LogP contribution in [0.3, 0.4) is 0 Å². The summed E-state index contributed by atoms with van der Waals surface area (Å²) in [5.41, 5.74) is 1.54. The van der Waals surface area contributed by atoms with Crippen molar-refractivity contribution < 1.29 is 22.0 Å². The van der Waals surface area contributed by atoms with Crippen LogP contribution < -0.4 is 10.5 Å². The molecule has 1 atom stereocenters. The molecule has 1 aliphatic rings. The van der Waals surface area contributed by atoms with E-state index in [0.29, 0.717) is 19.8 Å². The van der Waals surface area contributed by atoms with Crippen LogP contribution in [0.4, 0.5) is 9.52 Å². The van der Waals surface area contributed by atoms with E-state index in [1.165, 1.54) is 10.9 Å². The SMILES string of the molecule is CC(c1ccccc1C#CCN1CCOCC1)n1c(=O)oc2cc(S(=O)(=O)Nc3ncns3)c(F)cc21. The van der Waals surface area contributed by atoms with E-state index >= 15 is 4.39 Å². The number of nitrogens with zero attached hydrogens (tertiary/aromatic N) is 4. The third-order valence-electron chi connectivity index (χ3n) is 5.97. The zero-order chi connectivity index (χ0) is 26.0. The molecule has 0 amide bonds. The van der Waals surface area contributed by atoms with Gasteiger partial charge in [-0.25, -0.2) is 22.6 Å². The lowest BCUT2D eigenvalue weighted by molar-refractivity contribution is 0.0443. The van der Waals surface area contributed by atoms with Gasteiger partial charge in [0.15, 0.2) is 5.58 Å². The molecule has 0 aliphatic carbocycles. The lowest BCUT2D eigenvalue weighted by Gasteiger charge is -2.24. The number of aromatic nitrogens is 3. The van der Waals surface area contributed by atoms with Crippen LogP contribution >= 0.6 is 11.5 Å². The fourth-order valence-electron chi connectivity index (χ4n) is 4.12. The van der Waals surface area contributed by atoms with E-state index < -0.39 is 32.5 Å². The zero-order valence-corrected chi connectivity index (χ0v) is 21.3. The molecule has 1 aliphatic heterocycles. The van der Waals surface area contributed by atoms with Gasteiger partial charge in [-0.3, -0.25) is 14.2 Å². The minimum absolute atomic E-state index is 0.0153. The summed E-state index contributed by atoms with van der Waals surface area (Å²) in [7, 11) is -4.33. The van der Waals surface area contributed by atoms with Gasteiger partial charge in [0.2, 0.25) is 5.13 Å². The number of hydrogen-bond donors (Lipinski definition) is 1. The summed E-state index contributed by atoms with van der Waals surface area (Å²) in [6.45, 7) is 5.38. The van der Waals surface area contributed by atoms with Crippen LogP contribution in [0.25, 0.3) is 11.1 Å². The van der Waals surface area contributed by atoms with Crippen molar-refractivity contribution in [2.75, 3.05) is 37.6 Å². The van der Waals surface area contributed by atoms with Gasteiger partial charge in [0, 0.05) is 42.3 Å². The number of anilines is 1. The second kappa shape index (κ2) is 10.4. The van der Waals surface area contributed by atoms with E-state index in [2.05, 4.69) is 30.8 Å². The number of nitrogens with one attached hydrogen (secondary N) is 1. The van der Waals surface area contributed by atoms with Crippen molar-refractivity contribution in [1.82, 2.24) is 18.8 Å². The summed E-state index contributed by atoms with van der Waals surface area (Å²) in [5.74, 6) is 4.58. The normalized spacial score (nSPS) is 15.3. The smallest absolute Gasteiger partial charge is 0.408 e. The summed E-state index contributed by atoms with van der Waals surface area (Å²) in [6, 6.07) is 8.80. The highest BCUT2D eigenvalue weighted by Crippen LogP contribution is 2.29. The van der Waals surface area contributed by atoms with E-state index in [1.54, 1.807) is 6.92 Å². The molecule has 1 unspecified atom stereocenters. The number of oxazole rings is 1. The second-order valence-corrected chi connectivity index (χ2v) is 10.7. The Balaban J connectivity index is 1.48. The zero-order valence-electron chi connectivity index (χ0n) is 19.7. The van der Waals surface area contributed by atoms with Gasteiger partial charge in [0.1, 0.15) is 17.0 Å². The standard InChI is InChI=1S/C24H22FN5O5S2/c1-16(18-7-3-2-5-17(18)6-4-8-29-9-11-34-12-10-29)30-20-13-19(25)22(14-21(20)35-24(30)31)37(32,33)28-23-26-15-27-36-23/h2-3,5,7,13-16H,8-12H2,1H3,(H,26,27,28). The van der Waals surface area contributed by atoms with Crippen molar-refractivity contribution >= 4 is 37.8 Å². The van der Waals surface area contributed by atoms with Crippen LogP contribution in [0.2, 0.25) is 0 Å². The molecule has 13 heteroatoms. The van der Waals surface area contributed by atoms with Crippen LogP contribution in [0.15, 0.2) is 56.8 Å². The van der Waals surface area contributed by atoms with Crippen LogP contribution in [0.5, 0.6) is 0 Å². The number of halogens is 1. The van der Waals surface area contributed by atoms with Gasteiger partial charge < -0.3 is 9.15 Å². The lowest BCUT2D eigenvalue weighted by atomic mass is 10.0. The molecule has 1 N–H and O–H groups in total. The average molecular weight is 544 g/mol. The first-order valence-corrected chi connectivity index (χ1v) is 13.6. The predicted octanol–water partition coefficient (Wildman–Crippen LogP) is 2.68. The van der Waals surface area contributed by atoms with Gasteiger partial charge in [-0.15, -0.1) is 0 Å². The number of sulfonamides is 1. The Hall–Kier alpha value is -3.57. The van der Waals surface area contributed by atoms with Crippen molar-refractivity contribution in [3.63, 3.8) is 0 Å². The Kier molecular flexibility index (Phi) is 7.07. The summed E-state index contributed by atoms with van der Waals surface area (Å²) >= 11 is 0.806. The molecule has 192 valence electrons. The minimum Gasteiger partial charge on any atom is -0.408 e. The quantitative estimate of drug-likeness (QED) is 0.369. The molecule has 3 heterocycles. The lowest BCUT2D eigenvalue weighted by Crippen LogP contribution is -2.36. The van der Waals surface area contributed by atoms with Crippen molar-refractivity contribution in [3.05, 3.63) is 70.2 Å². The Morgan fingerprint density at radius 1 is 1.24 bits per heavy atom. The first-order valence-electron chi connectivity index (χ1n) is 11.4. The van der Waals surface area contributed by atoms with Gasteiger partial charge in [0.25, 0.3) is 10.0 Å². The molecular weight excluding hydrogens is 521 g/mol. The Morgan fingerprint density at radius 3 is 2.78 bits per heavy atom. The van der Waals surface area contributed by atoms with Crippen LogP contribution in [0.1, 0.15) is 24.1 Å². The van der Waals surface area contributed by atoms with E-state index in [9.17, 15) is 13.2 Å². The monoisotopic (exact) mass is 543 g/mol. The summed E-state index contributed by atoms with van der Waals surface area (Å²) in [6.07, 6.45) is 1.17. The number of fused-ring (bicyclic) bond motifs is 1. The van der Waals surface area contributed by atoms with Gasteiger partial charge in [-0.2, -0.15) is 4.37 Å². The number of morpholine rings is 1. The van der Waals surface area contributed by atoms with Crippen molar-refractivity contribution in [3.8, 4) is 11.8 Å². The molecule has 0 radical (unpaired) electrons.